The number of rotatable bonds is 3. The van der Waals surface area contributed by atoms with Crippen LogP contribution in [0.2, 0.25) is 18.1 Å². The molecular weight excluding hydrogens is 276 g/mol. The highest BCUT2D eigenvalue weighted by Gasteiger charge is 2.40. The third-order valence-corrected chi connectivity index (χ3v) is 8.58. The number of nitrogens with zero attached hydrogens (tertiary/aromatic N) is 2. The van der Waals surface area contributed by atoms with Gasteiger partial charge in [-0.3, -0.25) is 0 Å². The quantitative estimate of drug-likeness (QED) is 0.737. The van der Waals surface area contributed by atoms with E-state index in [2.05, 4.69) is 47.7 Å². The van der Waals surface area contributed by atoms with Crippen molar-refractivity contribution in [3.05, 3.63) is 30.0 Å². The minimum absolute atomic E-state index is 0.147. The maximum atomic E-state index is 6.43. The summed E-state index contributed by atoms with van der Waals surface area (Å²) in [7, 11) is -1.91. The Kier molecular flexibility index (Phi) is 4.11. The largest absolute Gasteiger partial charge is 0.529 e. The smallest absolute Gasteiger partial charge is 0.252 e. The van der Waals surface area contributed by atoms with Gasteiger partial charge in [-0.05, 0) is 30.3 Å². The molecule has 0 amide bonds. The van der Waals surface area contributed by atoms with Crippen molar-refractivity contribution in [2.45, 2.75) is 58.7 Å². The Hall–Kier alpha value is -1.42. The second kappa shape index (κ2) is 5.41. The first-order chi connectivity index (χ1) is 9.62. The highest BCUT2D eigenvalue weighted by Crippen LogP contribution is 2.38. The lowest BCUT2D eigenvalue weighted by Crippen LogP contribution is -2.44. The topological polar surface area (TPSA) is 35.0 Å². The molecule has 1 aromatic heterocycles. The Morgan fingerprint density at radius 1 is 1.00 bits per heavy atom. The van der Waals surface area contributed by atoms with Crippen LogP contribution >= 0.6 is 0 Å². The van der Waals surface area contributed by atoms with Gasteiger partial charge >= 0.3 is 0 Å². The summed E-state index contributed by atoms with van der Waals surface area (Å²) >= 11 is 0. The number of aromatic nitrogens is 2. The molecule has 0 atom stereocenters. The van der Waals surface area contributed by atoms with E-state index in [-0.39, 0.29) is 5.04 Å². The van der Waals surface area contributed by atoms with Crippen molar-refractivity contribution in [3.63, 3.8) is 0 Å². The molecule has 0 bridgehead atoms. The molecule has 0 saturated carbocycles. The molecule has 0 aliphatic rings. The molecule has 4 heteroatoms. The van der Waals surface area contributed by atoms with Gasteiger partial charge in [0.1, 0.15) is 5.69 Å². The average Bonchev–Trinajstić information content (AvgIpc) is 2.35. The Morgan fingerprint density at radius 3 is 2.00 bits per heavy atom. The summed E-state index contributed by atoms with van der Waals surface area (Å²) < 4.78 is 6.43. The monoisotopic (exact) mass is 302 g/mol. The van der Waals surface area contributed by atoms with Crippen LogP contribution in [0.5, 0.6) is 5.88 Å². The lowest BCUT2D eigenvalue weighted by atomic mass is 10.1. The predicted molar refractivity (Wildman–Crippen MR) is 91.5 cm³/mol. The molecule has 0 unspecified atom stereocenters. The zero-order valence-corrected chi connectivity index (χ0v) is 15.2. The summed E-state index contributed by atoms with van der Waals surface area (Å²) in [6, 6.07) is 7.98. The van der Waals surface area contributed by atoms with Crippen molar-refractivity contribution < 1.29 is 4.43 Å². The summed E-state index contributed by atoms with van der Waals surface area (Å²) in [6.07, 6.45) is 0. The molecular formula is C17H26N2OSi. The van der Waals surface area contributed by atoms with Crippen LogP contribution in [-0.4, -0.2) is 18.3 Å². The first-order valence-electron chi connectivity index (χ1n) is 7.57. The molecule has 3 nitrogen and oxygen atoms in total. The lowest BCUT2D eigenvalue weighted by molar-refractivity contribution is 0.466. The Morgan fingerprint density at radius 2 is 1.52 bits per heavy atom. The molecule has 0 saturated heterocycles. The van der Waals surface area contributed by atoms with Gasteiger partial charge in [-0.1, -0.05) is 46.8 Å². The van der Waals surface area contributed by atoms with Crippen LogP contribution in [0.4, 0.5) is 0 Å². The molecule has 0 fully saturated rings. The zero-order chi connectivity index (χ0) is 15.8. The van der Waals surface area contributed by atoms with Gasteiger partial charge in [-0.25, -0.2) is 9.97 Å². The second-order valence-corrected chi connectivity index (χ2v) is 12.1. The van der Waals surface area contributed by atoms with Crippen LogP contribution < -0.4 is 4.43 Å². The molecule has 1 heterocycles. The van der Waals surface area contributed by atoms with Crippen molar-refractivity contribution >= 4 is 19.4 Å². The number of hydrogen-bond acceptors (Lipinski definition) is 3. The maximum Gasteiger partial charge on any atom is 0.252 e. The Balaban J connectivity index is 2.54. The third-order valence-electron chi connectivity index (χ3n) is 4.27. The third kappa shape index (κ3) is 3.26. The minimum atomic E-state index is -1.91. The van der Waals surface area contributed by atoms with Gasteiger partial charge in [0, 0.05) is 5.92 Å². The van der Waals surface area contributed by atoms with E-state index in [1.807, 2.05) is 24.3 Å². The van der Waals surface area contributed by atoms with Gasteiger partial charge in [0.15, 0.2) is 0 Å². The number of para-hydroxylation sites is 2. The van der Waals surface area contributed by atoms with Crippen LogP contribution in [0.3, 0.4) is 0 Å². The lowest BCUT2D eigenvalue weighted by Gasteiger charge is -2.36. The molecule has 2 rings (SSSR count). The van der Waals surface area contributed by atoms with Crippen molar-refractivity contribution in [1.29, 1.82) is 0 Å². The standard InChI is InChI=1S/C17H26N2OSi/c1-12(2)15-16(20-21(6,7)17(3,4)5)19-14-11-9-8-10-13(14)18-15/h8-12H,1-7H3. The SMILES string of the molecule is CC(C)c1nc2ccccc2nc1O[Si](C)(C)C(C)(C)C. The Labute approximate surface area is 128 Å². The molecule has 2 aromatic rings. The van der Waals surface area contributed by atoms with E-state index in [4.69, 9.17) is 14.4 Å². The number of fused-ring (bicyclic) bond motifs is 1. The van der Waals surface area contributed by atoms with Crippen LogP contribution in [0.1, 0.15) is 46.2 Å². The molecule has 0 spiro atoms. The molecule has 1 aromatic carbocycles. The molecule has 0 aliphatic carbocycles. The number of hydrogen-bond donors (Lipinski definition) is 0. The fourth-order valence-electron chi connectivity index (χ4n) is 1.84. The highest BCUT2D eigenvalue weighted by molar-refractivity contribution is 6.74. The van der Waals surface area contributed by atoms with E-state index in [1.165, 1.54) is 0 Å². The van der Waals surface area contributed by atoms with Crippen molar-refractivity contribution in [1.82, 2.24) is 9.97 Å². The molecule has 21 heavy (non-hydrogen) atoms. The van der Waals surface area contributed by atoms with E-state index in [1.54, 1.807) is 0 Å². The predicted octanol–water partition coefficient (Wildman–Crippen LogP) is 5.14. The van der Waals surface area contributed by atoms with Crippen molar-refractivity contribution in [2.75, 3.05) is 0 Å². The van der Waals surface area contributed by atoms with Crippen LogP contribution in [-0.2, 0) is 0 Å². The van der Waals surface area contributed by atoms with E-state index in [0.29, 0.717) is 5.92 Å². The molecule has 0 aliphatic heterocycles. The highest BCUT2D eigenvalue weighted by atomic mass is 28.4. The summed E-state index contributed by atoms with van der Waals surface area (Å²) in [5, 5.41) is 0.147. The van der Waals surface area contributed by atoms with Gasteiger partial charge in [-0.15, -0.1) is 0 Å². The first-order valence-corrected chi connectivity index (χ1v) is 10.5. The molecule has 114 valence electrons. The fourth-order valence-corrected chi connectivity index (χ4v) is 2.78. The Bertz CT molecular complexity index is 645. The number of benzene rings is 1. The van der Waals surface area contributed by atoms with E-state index in [9.17, 15) is 0 Å². The zero-order valence-electron chi connectivity index (χ0n) is 14.2. The molecule has 0 radical (unpaired) electrons. The first kappa shape index (κ1) is 16.0. The van der Waals surface area contributed by atoms with Crippen LogP contribution in [0, 0.1) is 0 Å². The van der Waals surface area contributed by atoms with Gasteiger partial charge in [-0.2, -0.15) is 0 Å². The van der Waals surface area contributed by atoms with E-state index >= 15 is 0 Å². The maximum absolute atomic E-state index is 6.43. The normalized spacial score (nSPS) is 13.0. The fraction of sp³-hybridized carbons (Fsp3) is 0.529. The summed E-state index contributed by atoms with van der Waals surface area (Å²) in [5.41, 5.74) is 2.79. The van der Waals surface area contributed by atoms with Crippen molar-refractivity contribution in [2.24, 2.45) is 0 Å². The van der Waals surface area contributed by atoms with Crippen LogP contribution in [0.15, 0.2) is 24.3 Å². The van der Waals surface area contributed by atoms with E-state index in [0.717, 1.165) is 22.6 Å². The second-order valence-electron chi connectivity index (χ2n) is 7.42. The minimum Gasteiger partial charge on any atom is -0.529 e. The van der Waals surface area contributed by atoms with E-state index < -0.39 is 8.32 Å². The average molecular weight is 302 g/mol. The van der Waals surface area contributed by atoms with Gasteiger partial charge < -0.3 is 4.43 Å². The van der Waals surface area contributed by atoms with Crippen molar-refractivity contribution in [3.8, 4) is 5.88 Å². The van der Waals surface area contributed by atoms with Gasteiger partial charge in [0.05, 0.1) is 11.0 Å². The molecule has 0 N–H and O–H groups in total. The van der Waals surface area contributed by atoms with Gasteiger partial charge in [0.25, 0.3) is 8.32 Å². The summed E-state index contributed by atoms with van der Waals surface area (Å²) in [6.45, 7) is 15.5. The van der Waals surface area contributed by atoms with Crippen LogP contribution in [0.25, 0.3) is 11.0 Å². The summed E-state index contributed by atoms with van der Waals surface area (Å²) in [4.78, 5) is 9.52. The van der Waals surface area contributed by atoms with Gasteiger partial charge in [0.2, 0.25) is 5.88 Å². The summed E-state index contributed by atoms with van der Waals surface area (Å²) in [5.74, 6) is 1.01.